The van der Waals surface area contributed by atoms with Crippen molar-refractivity contribution in [3.63, 3.8) is 0 Å². The largest absolute Gasteiger partial charge is 0.460 e. The SMILES string of the molecule is C=CC(=O)OCC(O)COC(COCC(O)COCC(O)C[NH+](CCO)CCO)COCC(O)C[NH+](CCO)CCO. The summed E-state index contributed by atoms with van der Waals surface area (Å²) < 4.78 is 26.8. The molecule has 0 aromatic carbocycles. The van der Waals surface area contributed by atoms with E-state index >= 15 is 0 Å². The highest BCUT2D eigenvalue weighted by molar-refractivity contribution is 5.81. The molecule has 5 unspecified atom stereocenters. The van der Waals surface area contributed by atoms with Crippen LogP contribution in [0.4, 0.5) is 0 Å². The van der Waals surface area contributed by atoms with Crippen LogP contribution in [0.15, 0.2) is 12.7 Å². The summed E-state index contributed by atoms with van der Waals surface area (Å²) in [6.07, 6.45) is -3.63. The molecule has 0 bridgehead atoms. The van der Waals surface area contributed by atoms with Gasteiger partial charge in [-0.25, -0.2) is 4.79 Å². The summed E-state index contributed by atoms with van der Waals surface area (Å²) in [5, 5.41) is 76.9. The number of aliphatic hydroxyl groups excluding tert-OH is 8. The highest BCUT2D eigenvalue weighted by Gasteiger charge is 2.19. The molecule has 16 heteroatoms. The van der Waals surface area contributed by atoms with Crippen LogP contribution in [0.25, 0.3) is 0 Å². The quantitative estimate of drug-likeness (QED) is 0.0266. The first-order valence-corrected chi connectivity index (χ1v) is 14.2. The van der Waals surface area contributed by atoms with Gasteiger partial charge in [0, 0.05) is 6.08 Å². The number of nitrogens with one attached hydrogen (secondary N) is 2. The number of hydrogen-bond acceptors (Lipinski definition) is 14. The molecule has 0 saturated heterocycles. The van der Waals surface area contributed by atoms with Gasteiger partial charge in [-0.1, -0.05) is 6.58 Å². The van der Waals surface area contributed by atoms with E-state index in [9.17, 15) is 25.2 Å². The van der Waals surface area contributed by atoms with E-state index in [1.807, 2.05) is 0 Å². The molecule has 0 heterocycles. The van der Waals surface area contributed by atoms with Crippen LogP contribution < -0.4 is 9.80 Å². The van der Waals surface area contributed by atoms with Crippen LogP contribution in [-0.2, 0) is 28.5 Å². The van der Waals surface area contributed by atoms with Crippen LogP contribution in [0.1, 0.15) is 0 Å². The maximum Gasteiger partial charge on any atom is 0.330 e. The van der Waals surface area contributed by atoms with Crippen LogP contribution in [0.5, 0.6) is 0 Å². The summed E-state index contributed by atoms with van der Waals surface area (Å²) in [5.41, 5.74) is 0. The monoisotopic (exact) mass is 618 g/mol. The fraction of sp³-hybridized carbons (Fsp3) is 0.885. The first-order chi connectivity index (χ1) is 20.2. The van der Waals surface area contributed by atoms with Crippen molar-refractivity contribution in [2.45, 2.75) is 30.5 Å². The fourth-order valence-electron chi connectivity index (χ4n) is 3.81. The molecule has 0 aromatic rings. The average Bonchev–Trinajstić information content (AvgIpc) is 2.94. The minimum absolute atomic E-state index is 0.0368. The number of ether oxygens (including phenoxy) is 5. The summed E-state index contributed by atoms with van der Waals surface area (Å²) in [6.45, 7) is 3.95. The van der Waals surface area contributed by atoms with Gasteiger partial charge in [-0.05, 0) is 0 Å². The summed E-state index contributed by atoms with van der Waals surface area (Å²) in [4.78, 5) is 12.8. The van der Waals surface area contributed by atoms with Crippen molar-refractivity contribution in [2.24, 2.45) is 0 Å². The van der Waals surface area contributed by atoms with Crippen molar-refractivity contribution >= 4 is 5.97 Å². The normalized spacial score (nSPS) is 15.5. The first-order valence-electron chi connectivity index (χ1n) is 14.2. The van der Waals surface area contributed by atoms with Crippen LogP contribution in [0.3, 0.4) is 0 Å². The third kappa shape index (κ3) is 23.1. The molecule has 0 spiro atoms. The first kappa shape index (κ1) is 40.6. The smallest absolute Gasteiger partial charge is 0.330 e. The van der Waals surface area contributed by atoms with E-state index in [1.165, 1.54) is 0 Å². The lowest BCUT2D eigenvalue weighted by molar-refractivity contribution is -0.904. The molecule has 0 aliphatic carbocycles. The predicted molar refractivity (Wildman–Crippen MR) is 147 cm³/mol. The predicted octanol–water partition coefficient (Wildman–Crippen LogP) is -7.67. The molecule has 42 heavy (non-hydrogen) atoms. The van der Waals surface area contributed by atoms with E-state index in [2.05, 4.69) is 6.58 Å². The van der Waals surface area contributed by atoms with Gasteiger partial charge < -0.3 is 74.3 Å². The fourth-order valence-corrected chi connectivity index (χ4v) is 3.81. The Kier molecular flexibility index (Phi) is 26.3. The standard InChI is InChI=1S/C26H52N2O14/c1-2-26(37)42-18-24(36)17-41-25(19-39-14-22(34)12-28(5-9-31)6-10-32)20-40-16-23(35)15-38-13-21(33)11-27(3-7-29)4-8-30/h2,21-25,29-36H,1,3-20H2/p+2. The van der Waals surface area contributed by atoms with Gasteiger partial charge in [-0.2, -0.15) is 0 Å². The molecule has 0 radical (unpaired) electrons. The van der Waals surface area contributed by atoms with Crippen molar-refractivity contribution in [1.29, 1.82) is 0 Å². The maximum atomic E-state index is 11.2. The zero-order valence-electron chi connectivity index (χ0n) is 24.4. The average molecular weight is 619 g/mol. The number of aliphatic hydroxyl groups is 8. The van der Waals surface area contributed by atoms with Crippen molar-refractivity contribution in [1.82, 2.24) is 0 Å². The van der Waals surface area contributed by atoms with Crippen LogP contribution in [0, 0.1) is 0 Å². The van der Waals surface area contributed by atoms with Crippen LogP contribution >= 0.6 is 0 Å². The molecular formula is C26H54N2O14+2. The van der Waals surface area contributed by atoms with Gasteiger partial charge in [0.25, 0.3) is 0 Å². The third-order valence-corrected chi connectivity index (χ3v) is 5.87. The van der Waals surface area contributed by atoms with Gasteiger partial charge >= 0.3 is 5.97 Å². The molecule has 0 aromatic heterocycles. The molecule has 0 aliphatic heterocycles. The van der Waals surface area contributed by atoms with Crippen molar-refractivity contribution in [3.05, 3.63) is 12.7 Å². The Morgan fingerprint density at radius 2 is 0.976 bits per heavy atom. The topological polar surface area (TPSA) is 234 Å². The summed E-state index contributed by atoms with van der Waals surface area (Å²) >= 11 is 0. The Morgan fingerprint density at radius 1 is 0.595 bits per heavy atom. The number of rotatable bonds is 30. The molecule has 0 amide bonds. The van der Waals surface area contributed by atoms with E-state index < -0.39 is 36.5 Å². The molecule has 0 fully saturated rings. The number of esters is 1. The van der Waals surface area contributed by atoms with Crippen molar-refractivity contribution in [2.75, 3.05) is 119 Å². The Bertz CT molecular complexity index is 638. The molecular weight excluding hydrogens is 564 g/mol. The van der Waals surface area contributed by atoms with Crippen LogP contribution in [0.2, 0.25) is 0 Å². The second-order valence-corrected chi connectivity index (χ2v) is 9.82. The molecule has 5 atom stereocenters. The minimum atomic E-state index is -1.13. The molecule has 0 rings (SSSR count). The van der Waals surface area contributed by atoms with E-state index in [1.54, 1.807) is 0 Å². The molecule has 250 valence electrons. The Hall–Kier alpha value is -1.35. The minimum Gasteiger partial charge on any atom is -0.460 e. The zero-order valence-corrected chi connectivity index (χ0v) is 24.4. The van der Waals surface area contributed by atoms with E-state index in [0.29, 0.717) is 26.2 Å². The van der Waals surface area contributed by atoms with Gasteiger partial charge in [-0.3, -0.25) is 0 Å². The second kappa shape index (κ2) is 27.2. The highest BCUT2D eigenvalue weighted by atomic mass is 16.6. The Labute approximate surface area is 247 Å². The summed E-state index contributed by atoms with van der Waals surface area (Å²) in [6, 6.07) is 0. The summed E-state index contributed by atoms with van der Waals surface area (Å²) in [5.74, 6) is -0.692. The van der Waals surface area contributed by atoms with E-state index in [0.717, 1.165) is 15.9 Å². The number of hydrogen-bond donors (Lipinski definition) is 10. The van der Waals surface area contributed by atoms with Gasteiger partial charge in [0.05, 0.1) is 72.7 Å². The molecule has 0 saturated carbocycles. The lowest BCUT2D eigenvalue weighted by Gasteiger charge is -2.23. The Balaban J connectivity index is 4.62. The third-order valence-electron chi connectivity index (χ3n) is 5.87. The van der Waals surface area contributed by atoms with E-state index in [-0.39, 0.29) is 92.4 Å². The molecule has 10 N–H and O–H groups in total. The van der Waals surface area contributed by atoms with Crippen molar-refractivity contribution in [3.8, 4) is 0 Å². The number of quaternary nitrogens is 2. The summed E-state index contributed by atoms with van der Waals surface area (Å²) in [7, 11) is 0. The second-order valence-electron chi connectivity index (χ2n) is 9.82. The highest BCUT2D eigenvalue weighted by Crippen LogP contribution is 2.01. The van der Waals surface area contributed by atoms with Crippen molar-refractivity contribution < 1.29 is 79.1 Å². The van der Waals surface area contributed by atoms with Gasteiger partial charge in [-0.15, -0.1) is 0 Å². The van der Waals surface area contributed by atoms with Gasteiger partial charge in [0.2, 0.25) is 0 Å². The number of carbonyl (C=O) groups excluding carboxylic acids is 1. The molecule has 0 aliphatic rings. The Morgan fingerprint density at radius 3 is 1.38 bits per heavy atom. The zero-order chi connectivity index (χ0) is 31.6. The van der Waals surface area contributed by atoms with E-state index in [4.69, 9.17) is 44.1 Å². The molecule has 16 nitrogen and oxygen atoms in total. The lowest BCUT2D eigenvalue weighted by Crippen LogP contribution is -3.14. The number of carbonyl (C=O) groups is 1. The maximum absolute atomic E-state index is 11.2. The van der Waals surface area contributed by atoms with Gasteiger partial charge in [0.15, 0.2) is 0 Å². The lowest BCUT2D eigenvalue weighted by atomic mass is 10.3. The van der Waals surface area contributed by atoms with Crippen LogP contribution in [-0.4, -0.2) is 196 Å². The van der Waals surface area contributed by atoms with Gasteiger partial charge in [0.1, 0.15) is 76.4 Å².